The second kappa shape index (κ2) is 7.50. The molecule has 3 saturated carbocycles. The summed E-state index contributed by atoms with van der Waals surface area (Å²) in [5.74, 6) is -2.15. The number of alkyl halides is 3. The number of carbonyl (C=O) groups is 1. The Morgan fingerprint density at radius 3 is 2.20 bits per heavy atom. The third-order valence-corrected chi connectivity index (χ3v) is 7.35. The summed E-state index contributed by atoms with van der Waals surface area (Å²) in [5.41, 5.74) is 1.44. The summed E-state index contributed by atoms with van der Waals surface area (Å²) in [6.45, 7) is 0. The maximum Gasteiger partial charge on any atom is 0.391 e. The quantitative estimate of drug-likeness (QED) is 0.656. The van der Waals surface area contributed by atoms with E-state index in [1.54, 1.807) is 4.72 Å². The third kappa shape index (κ3) is 4.65. The molecule has 0 radical (unpaired) electrons. The van der Waals surface area contributed by atoms with Crippen LogP contribution in [0, 0.1) is 23.6 Å². The molecule has 1 aromatic carbocycles. The zero-order valence-corrected chi connectivity index (χ0v) is 17.5. The minimum Gasteiger partial charge on any atom is -0.268 e. The fraction of sp³-hybridized carbons (Fsp3) is 0.667. The summed E-state index contributed by atoms with van der Waals surface area (Å²) >= 11 is 0. The van der Waals surface area contributed by atoms with Crippen LogP contribution in [0.15, 0.2) is 12.1 Å². The summed E-state index contributed by atoms with van der Waals surface area (Å²) in [7, 11) is -3.80. The van der Waals surface area contributed by atoms with Gasteiger partial charge in [-0.3, -0.25) is 4.79 Å². The van der Waals surface area contributed by atoms with Crippen LogP contribution in [0.1, 0.15) is 78.3 Å². The van der Waals surface area contributed by atoms with Gasteiger partial charge in [0.2, 0.25) is 10.0 Å². The van der Waals surface area contributed by atoms with Crippen LogP contribution < -0.4 is 4.72 Å². The zero-order chi connectivity index (χ0) is 21.8. The molecule has 0 aromatic heterocycles. The molecule has 0 heterocycles. The van der Waals surface area contributed by atoms with Crippen LogP contribution in [0.25, 0.3) is 0 Å². The highest BCUT2D eigenvalue weighted by Gasteiger charge is 2.49. The van der Waals surface area contributed by atoms with E-state index in [0.717, 1.165) is 36.6 Å². The first-order valence-corrected chi connectivity index (χ1v) is 12.3. The molecule has 166 valence electrons. The van der Waals surface area contributed by atoms with Gasteiger partial charge in [-0.1, -0.05) is 0 Å². The van der Waals surface area contributed by atoms with Crippen LogP contribution in [-0.2, 0) is 10.0 Å². The molecule has 0 saturated heterocycles. The minimum atomic E-state index is -4.13. The van der Waals surface area contributed by atoms with Crippen molar-refractivity contribution in [1.29, 1.82) is 0 Å². The van der Waals surface area contributed by atoms with E-state index in [9.17, 15) is 30.8 Å². The van der Waals surface area contributed by atoms with Crippen molar-refractivity contribution < 1.29 is 30.8 Å². The Morgan fingerprint density at radius 2 is 1.67 bits per heavy atom. The van der Waals surface area contributed by atoms with Crippen molar-refractivity contribution >= 4 is 15.9 Å². The minimum absolute atomic E-state index is 0.106. The highest BCUT2D eigenvalue weighted by Crippen LogP contribution is 2.59. The maximum absolute atomic E-state index is 14.7. The number of sulfonamides is 1. The SMILES string of the molecule is CS(=O)(=O)NC(=O)c1cc(C2CC2)c(C2CC2C2CCC(C(F)(F)F)CC2)cc1F. The average Bonchev–Trinajstić information content (AvgIpc) is 3.52. The normalized spacial score (nSPS) is 29.5. The third-order valence-electron chi connectivity index (χ3n) is 6.79. The van der Waals surface area contributed by atoms with Crippen LogP contribution in [-0.4, -0.2) is 26.8 Å². The summed E-state index contributed by atoms with van der Waals surface area (Å²) in [6, 6.07) is 2.82. The Balaban J connectivity index is 1.50. The Labute approximate surface area is 173 Å². The molecule has 2 atom stereocenters. The van der Waals surface area contributed by atoms with E-state index in [1.807, 2.05) is 0 Å². The fourth-order valence-corrected chi connectivity index (χ4v) is 5.49. The predicted molar refractivity (Wildman–Crippen MR) is 103 cm³/mol. The molecular formula is C21H25F4NO3S. The molecule has 3 aliphatic carbocycles. The standard InChI is InChI=1S/C21H25F4NO3S/c1-30(28,29)26-20(27)18-9-15(11-2-3-11)17(10-19(18)22)16-8-14(16)12-4-6-13(7-5-12)21(23,24)25/h9-14,16H,2-8H2,1H3,(H,26,27). The molecule has 4 rings (SSSR count). The first-order chi connectivity index (χ1) is 13.9. The van der Waals surface area contributed by atoms with Gasteiger partial charge in [-0.2, -0.15) is 13.2 Å². The van der Waals surface area contributed by atoms with Crippen molar-refractivity contribution in [3.05, 3.63) is 34.6 Å². The van der Waals surface area contributed by atoms with Crippen molar-refractivity contribution in [2.24, 2.45) is 17.8 Å². The molecule has 4 nitrogen and oxygen atoms in total. The molecular weight excluding hydrogens is 422 g/mol. The molecule has 1 amide bonds. The van der Waals surface area contributed by atoms with Gasteiger partial charge in [0.1, 0.15) is 5.82 Å². The predicted octanol–water partition coefficient (Wildman–Crippen LogP) is 4.86. The number of hydrogen-bond donors (Lipinski definition) is 1. The highest BCUT2D eigenvalue weighted by molar-refractivity contribution is 7.89. The van der Waals surface area contributed by atoms with Crippen molar-refractivity contribution in [3.63, 3.8) is 0 Å². The van der Waals surface area contributed by atoms with E-state index in [1.165, 1.54) is 12.1 Å². The maximum atomic E-state index is 14.7. The number of rotatable bonds is 5. The van der Waals surface area contributed by atoms with Crippen molar-refractivity contribution in [3.8, 4) is 0 Å². The second-order valence-electron chi connectivity index (χ2n) is 9.10. The topological polar surface area (TPSA) is 63.2 Å². The smallest absolute Gasteiger partial charge is 0.268 e. The summed E-state index contributed by atoms with van der Waals surface area (Å²) in [6.07, 6.45) is 0.801. The lowest BCUT2D eigenvalue weighted by molar-refractivity contribution is -0.184. The van der Waals surface area contributed by atoms with Gasteiger partial charge in [0.05, 0.1) is 17.7 Å². The highest BCUT2D eigenvalue weighted by atomic mass is 32.2. The van der Waals surface area contributed by atoms with Gasteiger partial charge in [-0.05, 0) is 91.9 Å². The number of amides is 1. The first-order valence-electron chi connectivity index (χ1n) is 10.4. The van der Waals surface area contributed by atoms with Gasteiger partial charge in [-0.15, -0.1) is 0 Å². The van der Waals surface area contributed by atoms with Crippen LogP contribution in [0.2, 0.25) is 0 Å². The van der Waals surface area contributed by atoms with Crippen LogP contribution in [0.5, 0.6) is 0 Å². The Kier molecular flexibility index (Phi) is 5.39. The Morgan fingerprint density at radius 1 is 1.03 bits per heavy atom. The van der Waals surface area contributed by atoms with Gasteiger partial charge in [0.15, 0.2) is 0 Å². The first kappa shape index (κ1) is 21.6. The lowest BCUT2D eigenvalue weighted by Gasteiger charge is -2.30. The van der Waals surface area contributed by atoms with E-state index < -0.39 is 33.8 Å². The summed E-state index contributed by atoms with van der Waals surface area (Å²) in [5, 5.41) is 0. The molecule has 2 unspecified atom stereocenters. The van der Waals surface area contributed by atoms with Gasteiger partial charge in [0.25, 0.3) is 5.91 Å². The monoisotopic (exact) mass is 447 g/mol. The summed E-state index contributed by atoms with van der Waals surface area (Å²) in [4.78, 5) is 12.2. The van der Waals surface area contributed by atoms with Gasteiger partial charge >= 0.3 is 6.18 Å². The van der Waals surface area contributed by atoms with Gasteiger partial charge < -0.3 is 0 Å². The number of hydrogen-bond acceptors (Lipinski definition) is 3. The lowest BCUT2D eigenvalue weighted by Crippen LogP contribution is -2.30. The van der Waals surface area contributed by atoms with E-state index in [0.29, 0.717) is 12.8 Å². The molecule has 0 aliphatic heterocycles. The number of benzene rings is 1. The van der Waals surface area contributed by atoms with E-state index in [2.05, 4.69) is 0 Å². The molecule has 9 heteroatoms. The van der Waals surface area contributed by atoms with E-state index >= 15 is 0 Å². The Hall–Kier alpha value is -1.64. The molecule has 3 aliphatic rings. The number of halogens is 4. The lowest BCUT2D eigenvalue weighted by atomic mass is 9.78. The van der Waals surface area contributed by atoms with Gasteiger partial charge in [-0.25, -0.2) is 17.5 Å². The number of nitrogens with one attached hydrogen (secondary N) is 1. The van der Waals surface area contributed by atoms with Gasteiger partial charge in [0, 0.05) is 0 Å². The van der Waals surface area contributed by atoms with Crippen molar-refractivity contribution in [1.82, 2.24) is 4.72 Å². The second-order valence-corrected chi connectivity index (χ2v) is 10.8. The fourth-order valence-electron chi connectivity index (χ4n) is 5.04. The van der Waals surface area contributed by atoms with E-state index in [-0.39, 0.29) is 42.1 Å². The molecule has 3 fully saturated rings. The molecule has 30 heavy (non-hydrogen) atoms. The number of carbonyl (C=O) groups excluding carboxylic acids is 1. The largest absolute Gasteiger partial charge is 0.391 e. The molecule has 0 bridgehead atoms. The molecule has 1 N–H and O–H groups in total. The van der Waals surface area contributed by atoms with Crippen LogP contribution in [0.3, 0.4) is 0 Å². The zero-order valence-electron chi connectivity index (χ0n) is 16.6. The molecule has 0 spiro atoms. The van der Waals surface area contributed by atoms with Crippen molar-refractivity contribution in [2.45, 2.75) is 63.0 Å². The van der Waals surface area contributed by atoms with E-state index in [4.69, 9.17) is 0 Å². The molecule has 1 aromatic rings. The van der Waals surface area contributed by atoms with Crippen LogP contribution >= 0.6 is 0 Å². The summed E-state index contributed by atoms with van der Waals surface area (Å²) < 4.78 is 77.9. The Bertz CT molecular complexity index is 948. The van der Waals surface area contributed by atoms with Crippen molar-refractivity contribution in [2.75, 3.05) is 6.26 Å². The van der Waals surface area contributed by atoms with Crippen LogP contribution in [0.4, 0.5) is 17.6 Å². The average molecular weight is 447 g/mol.